The lowest BCUT2D eigenvalue weighted by Crippen LogP contribution is -2.32. The van der Waals surface area contributed by atoms with Gasteiger partial charge in [0, 0.05) is 20.3 Å². The van der Waals surface area contributed by atoms with Crippen LogP contribution < -0.4 is 10.1 Å². The molecule has 1 aromatic rings. The van der Waals surface area contributed by atoms with Gasteiger partial charge in [0.15, 0.2) is 0 Å². The molecule has 104 valence electrons. The van der Waals surface area contributed by atoms with Crippen molar-refractivity contribution in [3.63, 3.8) is 0 Å². The van der Waals surface area contributed by atoms with Crippen molar-refractivity contribution in [3.8, 4) is 11.8 Å². The van der Waals surface area contributed by atoms with Gasteiger partial charge >= 0.3 is 0 Å². The number of aliphatic hydroxyl groups excluding tert-OH is 1. The van der Waals surface area contributed by atoms with Gasteiger partial charge in [-0.2, -0.15) is 5.26 Å². The maximum atomic E-state index is 9.71. The Balaban J connectivity index is 2.18. The molecule has 1 rings (SSSR count). The molecule has 19 heavy (non-hydrogen) atoms. The normalized spacial score (nSPS) is 11.8. The van der Waals surface area contributed by atoms with Crippen molar-refractivity contribution in [1.29, 1.82) is 5.26 Å². The minimum Gasteiger partial charge on any atom is -0.491 e. The standard InChI is InChI=1S/C14H20N2O3/c1-18-7-3-6-16-10-13(17)11-19-14-5-2-4-12(8-14)9-15/h2,4-5,8,13,16-17H,3,6-7,10-11H2,1H3. The summed E-state index contributed by atoms with van der Waals surface area (Å²) in [6, 6.07) is 8.92. The van der Waals surface area contributed by atoms with E-state index in [1.807, 2.05) is 6.07 Å². The number of nitrogens with zero attached hydrogens (tertiary/aromatic N) is 1. The topological polar surface area (TPSA) is 74.5 Å². The predicted molar refractivity (Wildman–Crippen MR) is 72.0 cm³/mol. The van der Waals surface area contributed by atoms with Gasteiger partial charge in [-0.3, -0.25) is 0 Å². The first-order valence-corrected chi connectivity index (χ1v) is 6.27. The number of benzene rings is 1. The number of ether oxygens (including phenoxy) is 2. The van der Waals surface area contributed by atoms with Crippen LogP contribution in [0.2, 0.25) is 0 Å². The van der Waals surface area contributed by atoms with Gasteiger partial charge in [-0.15, -0.1) is 0 Å². The molecule has 0 aliphatic carbocycles. The van der Waals surface area contributed by atoms with Crippen LogP contribution >= 0.6 is 0 Å². The highest BCUT2D eigenvalue weighted by Crippen LogP contribution is 2.12. The van der Waals surface area contributed by atoms with E-state index < -0.39 is 6.10 Å². The quantitative estimate of drug-likeness (QED) is 0.649. The maximum Gasteiger partial charge on any atom is 0.120 e. The number of rotatable bonds is 9. The van der Waals surface area contributed by atoms with Crippen LogP contribution in [-0.4, -0.2) is 44.6 Å². The fraction of sp³-hybridized carbons (Fsp3) is 0.500. The molecule has 0 aromatic heterocycles. The Bertz CT molecular complexity index is 404. The number of hydrogen-bond donors (Lipinski definition) is 2. The molecule has 5 nitrogen and oxygen atoms in total. The Morgan fingerprint density at radius 2 is 2.32 bits per heavy atom. The number of aliphatic hydroxyl groups is 1. The zero-order valence-electron chi connectivity index (χ0n) is 11.1. The Kier molecular flexibility index (Phi) is 7.59. The molecule has 0 saturated heterocycles. The van der Waals surface area contributed by atoms with Crippen molar-refractivity contribution in [1.82, 2.24) is 5.32 Å². The lowest BCUT2D eigenvalue weighted by molar-refractivity contribution is 0.105. The lowest BCUT2D eigenvalue weighted by atomic mass is 10.2. The van der Waals surface area contributed by atoms with E-state index in [0.717, 1.165) is 13.0 Å². The second kappa shape index (κ2) is 9.34. The van der Waals surface area contributed by atoms with Crippen molar-refractivity contribution in [2.24, 2.45) is 0 Å². The molecule has 0 aliphatic heterocycles. The van der Waals surface area contributed by atoms with Crippen molar-refractivity contribution in [2.75, 3.05) is 33.4 Å². The molecule has 0 radical (unpaired) electrons. The number of methoxy groups -OCH3 is 1. The van der Waals surface area contributed by atoms with Gasteiger partial charge in [0.1, 0.15) is 18.5 Å². The maximum absolute atomic E-state index is 9.71. The molecule has 0 bridgehead atoms. The van der Waals surface area contributed by atoms with Crippen molar-refractivity contribution in [2.45, 2.75) is 12.5 Å². The van der Waals surface area contributed by atoms with E-state index in [0.29, 0.717) is 24.5 Å². The highest BCUT2D eigenvalue weighted by molar-refractivity contribution is 5.36. The molecule has 0 saturated carbocycles. The Hall–Kier alpha value is -1.61. The van der Waals surface area contributed by atoms with Crippen molar-refractivity contribution < 1.29 is 14.6 Å². The monoisotopic (exact) mass is 264 g/mol. The molecule has 0 heterocycles. The van der Waals surface area contributed by atoms with Crippen LogP contribution in [0.15, 0.2) is 24.3 Å². The molecule has 0 amide bonds. The highest BCUT2D eigenvalue weighted by atomic mass is 16.5. The van der Waals surface area contributed by atoms with Crippen molar-refractivity contribution in [3.05, 3.63) is 29.8 Å². The largest absolute Gasteiger partial charge is 0.491 e. The highest BCUT2D eigenvalue weighted by Gasteiger charge is 2.05. The summed E-state index contributed by atoms with van der Waals surface area (Å²) in [5.41, 5.74) is 0.546. The number of nitrogens with one attached hydrogen (secondary N) is 1. The van der Waals surface area contributed by atoms with Crippen LogP contribution in [0.3, 0.4) is 0 Å². The summed E-state index contributed by atoms with van der Waals surface area (Å²) in [7, 11) is 1.66. The lowest BCUT2D eigenvalue weighted by Gasteiger charge is -2.13. The molecule has 2 N–H and O–H groups in total. The van der Waals surface area contributed by atoms with Gasteiger partial charge in [0.25, 0.3) is 0 Å². The van der Waals surface area contributed by atoms with E-state index in [2.05, 4.69) is 5.32 Å². The average Bonchev–Trinajstić information content (AvgIpc) is 2.45. The summed E-state index contributed by atoms with van der Waals surface area (Å²) in [5, 5.41) is 21.6. The minimum absolute atomic E-state index is 0.201. The summed E-state index contributed by atoms with van der Waals surface area (Å²) in [6.07, 6.45) is 0.335. The van der Waals surface area contributed by atoms with E-state index >= 15 is 0 Å². The van der Waals surface area contributed by atoms with Gasteiger partial charge in [0.05, 0.1) is 11.6 Å². The summed E-state index contributed by atoms with van der Waals surface area (Å²) in [6.45, 7) is 2.18. The fourth-order valence-electron chi connectivity index (χ4n) is 1.52. The minimum atomic E-state index is -0.576. The van der Waals surface area contributed by atoms with Crippen LogP contribution in [-0.2, 0) is 4.74 Å². The molecule has 0 aliphatic rings. The first-order valence-electron chi connectivity index (χ1n) is 6.27. The molecule has 0 spiro atoms. The fourth-order valence-corrected chi connectivity index (χ4v) is 1.52. The molecular weight excluding hydrogens is 244 g/mol. The molecule has 1 aromatic carbocycles. The van der Waals surface area contributed by atoms with Crippen LogP contribution in [0, 0.1) is 11.3 Å². The van der Waals surface area contributed by atoms with Gasteiger partial charge in [-0.25, -0.2) is 0 Å². The summed E-state index contributed by atoms with van der Waals surface area (Å²) in [5.74, 6) is 0.595. The van der Waals surface area contributed by atoms with E-state index in [1.54, 1.807) is 31.4 Å². The van der Waals surface area contributed by atoms with Gasteiger partial charge < -0.3 is 19.9 Å². The van der Waals surface area contributed by atoms with E-state index in [1.165, 1.54) is 0 Å². The smallest absolute Gasteiger partial charge is 0.120 e. The van der Waals surface area contributed by atoms with Crippen LogP contribution in [0.4, 0.5) is 0 Å². The first kappa shape index (κ1) is 15.4. The third kappa shape index (κ3) is 6.77. The van der Waals surface area contributed by atoms with Gasteiger partial charge in [0.2, 0.25) is 0 Å². The first-order chi connectivity index (χ1) is 9.26. The molecule has 1 unspecified atom stereocenters. The average molecular weight is 264 g/mol. The Labute approximate surface area is 113 Å². The van der Waals surface area contributed by atoms with Crippen LogP contribution in [0.1, 0.15) is 12.0 Å². The molecule has 0 fully saturated rings. The zero-order valence-corrected chi connectivity index (χ0v) is 11.1. The van der Waals surface area contributed by atoms with Crippen molar-refractivity contribution >= 4 is 0 Å². The van der Waals surface area contributed by atoms with Gasteiger partial charge in [-0.05, 0) is 31.2 Å². The summed E-state index contributed by atoms with van der Waals surface area (Å²) in [4.78, 5) is 0. The SMILES string of the molecule is COCCCNCC(O)COc1cccc(C#N)c1. The number of hydrogen-bond acceptors (Lipinski definition) is 5. The Morgan fingerprint density at radius 1 is 1.47 bits per heavy atom. The summed E-state index contributed by atoms with van der Waals surface area (Å²) >= 11 is 0. The van der Waals surface area contributed by atoms with Crippen LogP contribution in [0.5, 0.6) is 5.75 Å². The Morgan fingerprint density at radius 3 is 3.05 bits per heavy atom. The third-order valence-corrected chi connectivity index (χ3v) is 2.49. The van der Waals surface area contributed by atoms with Crippen LogP contribution in [0.25, 0.3) is 0 Å². The summed E-state index contributed by atoms with van der Waals surface area (Å²) < 4.78 is 10.3. The third-order valence-electron chi connectivity index (χ3n) is 2.49. The molecule has 5 heteroatoms. The molecular formula is C14H20N2O3. The second-order valence-corrected chi connectivity index (χ2v) is 4.15. The second-order valence-electron chi connectivity index (χ2n) is 4.15. The molecule has 1 atom stereocenters. The van der Waals surface area contributed by atoms with Gasteiger partial charge in [-0.1, -0.05) is 6.07 Å². The number of nitriles is 1. The van der Waals surface area contributed by atoms with E-state index in [4.69, 9.17) is 14.7 Å². The van der Waals surface area contributed by atoms with E-state index in [9.17, 15) is 5.11 Å². The van der Waals surface area contributed by atoms with E-state index in [-0.39, 0.29) is 6.61 Å². The zero-order chi connectivity index (χ0) is 13.9. The predicted octanol–water partition coefficient (Wildman–Crippen LogP) is 0.924.